The zero-order chi connectivity index (χ0) is 18.6. The van der Waals surface area contributed by atoms with Gasteiger partial charge in [0.25, 0.3) is 0 Å². The molecule has 27 heavy (non-hydrogen) atoms. The fourth-order valence-corrected chi connectivity index (χ4v) is 4.04. The van der Waals surface area contributed by atoms with Crippen molar-refractivity contribution in [2.45, 2.75) is 31.8 Å². The van der Waals surface area contributed by atoms with Crippen LogP contribution in [0.1, 0.15) is 24.1 Å². The van der Waals surface area contributed by atoms with Crippen LogP contribution in [0.4, 0.5) is 0 Å². The molecule has 0 bridgehead atoms. The lowest BCUT2D eigenvalue weighted by Crippen LogP contribution is -2.36. The van der Waals surface area contributed by atoms with E-state index >= 15 is 0 Å². The predicted molar refractivity (Wildman–Crippen MR) is 102 cm³/mol. The lowest BCUT2D eigenvalue weighted by molar-refractivity contribution is -0.137. The first-order chi connectivity index (χ1) is 13.2. The molecule has 1 aromatic heterocycles. The molecule has 0 spiro atoms. The first-order valence-electron chi connectivity index (χ1n) is 9.79. The molecular formula is C21H27N3O3. The summed E-state index contributed by atoms with van der Waals surface area (Å²) in [6.45, 7) is 2.86. The van der Waals surface area contributed by atoms with Gasteiger partial charge in [-0.25, -0.2) is 0 Å². The topological polar surface area (TPSA) is 56.6 Å². The van der Waals surface area contributed by atoms with Gasteiger partial charge >= 0.3 is 0 Å². The van der Waals surface area contributed by atoms with Crippen LogP contribution in [-0.2, 0) is 34.2 Å². The molecule has 2 aliphatic heterocycles. The number of ether oxygens (including phenoxy) is 2. The predicted octanol–water partition coefficient (Wildman–Crippen LogP) is 2.21. The molecule has 0 saturated carbocycles. The molecule has 1 fully saturated rings. The summed E-state index contributed by atoms with van der Waals surface area (Å²) in [5.41, 5.74) is 4.70. The largest absolute Gasteiger partial charge is 0.376 e. The van der Waals surface area contributed by atoms with Crippen LogP contribution in [0.5, 0.6) is 0 Å². The molecule has 2 aliphatic rings. The first-order valence-corrected chi connectivity index (χ1v) is 9.79. The quantitative estimate of drug-likeness (QED) is 0.811. The Morgan fingerprint density at radius 1 is 1.26 bits per heavy atom. The number of carbonyl (C=O) groups is 1. The van der Waals surface area contributed by atoms with Crippen molar-refractivity contribution in [3.05, 3.63) is 41.6 Å². The van der Waals surface area contributed by atoms with Crippen LogP contribution in [0.2, 0.25) is 0 Å². The van der Waals surface area contributed by atoms with Gasteiger partial charge in [-0.1, -0.05) is 30.3 Å². The second-order valence-electron chi connectivity index (χ2n) is 7.29. The number of carbonyl (C=O) groups excluding carboxylic acids is 1. The minimum atomic E-state index is 0.0591. The zero-order valence-electron chi connectivity index (χ0n) is 15.9. The summed E-state index contributed by atoms with van der Waals surface area (Å²) in [5.74, 6) is 0.0591. The van der Waals surface area contributed by atoms with E-state index in [9.17, 15) is 4.79 Å². The van der Waals surface area contributed by atoms with E-state index in [0.717, 1.165) is 43.7 Å². The summed E-state index contributed by atoms with van der Waals surface area (Å²) in [6, 6.07) is 10.4. The second kappa shape index (κ2) is 8.23. The number of nitrogens with zero attached hydrogens (tertiary/aromatic N) is 3. The summed E-state index contributed by atoms with van der Waals surface area (Å²) in [7, 11) is 2.00. The van der Waals surface area contributed by atoms with Gasteiger partial charge in [-0.05, 0) is 19.3 Å². The number of fused-ring (bicyclic) bond motifs is 1. The highest BCUT2D eigenvalue weighted by Crippen LogP contribution is 2.28. The number of rotatable bonds is 5. The molecule has 1 aromatic carbocycles. The van der Waals surface area contributed by atoms with E-state index in [2.05, 4.69) is 12.1 Å². The number of hydrogen-bond acceptors (Lipinski definition) is 4. The number of aryl methyl sites for hydroxylation is 1. The lowest BCUT2D eigenvalue weighted by atomic mass is 10.0. The van der Waals surface area contributed by atoms with E-state index in [4.69, 9.17) is 14.6 Å². The third kappa shape index (κ3) is 4.06. The van der Waals surface area contributed by atoms with Crippen molar-refractivity contribution in [3.8, 4) is 11.3 Å². The molecule has 1 unspecified atom stereocenters. The maximum Gasteiger partial charge on any atom is 0.248 e. The monoisotopic (exact) mass is 369 g/mol. The maximum atomic E-state index is 12.6. The van der Waals surface area contributed by atoms with Crippen molar-refractivity contribution in [1.29, 1.82) is 0 Å². The molecule has 1 atom stereocenters. The molecule has 6 nitrogen and oxygen atoms in total. The molecule has 1 saturated heterocycles. The van der Waals surface area contributed by atoms with Gasteiger partial charge < -0.3 is 14.4 Å². The molecule has 0 aliphatic carbocycles. The fourth-order valence-electron chi connectivity index (χ4n) is 4.04. The Morgan fingerprint density at radius 3 is 2.85 bits per heavy atom. The Hall–Kier alpha value is -2.18. The van der Waals surface area contributed by atoms with Crippen molar-refractivity contribution in [2.75, 3.05) is 32.9 Å². The average Bonchev–Trinajstić information content (AvgIpc) is 3.25. The summed E-state index contributed by atoms with van der Waals surface area (Å²) in [6.07, 6.45) is 3.88. The first kappa shape index (κ1) is 18.2. The summed E-state index contributed by atoms with van der Waals surface area (Å²) in [4.78, 5) is 14.5. The summed E-state index contributed by atoms with van der Waals surface area (Å²) in [5, 5.41) is 4.73. The Balaban J connectivity index is 1.38. The van der Waals surface area contributed by atoms with E-state index < -0.39 is 0 Å². The van der Waals surface area contributed by atoms with Crippen LogP contribution < -0.4 is 0 Å². The van der Waals surface area contributed by atoms with Crippen LogP contribution in [0, 0.1) is 0 Å². The van der Waals surface area contributed by atoms with Crippen molar-refractivity contribution < 1.29 is 14.3 Å². The van der Waals surface area contributed by atoms with E-state index in [1.807, 2.05) is 34.8 Å². The highest BCUT2D eigenvalue weighted by molar-refractivity contribution is 5.77. The number of hydrogen-bond donors (Lipinski definition) is 0. The van der Waals surface area contributed by atoms with Crippen molar-refractivity contribution in [1.82, 2.24) is 14.7 Å². The third-order valence-electron chi connectivity index (χ3n) is 5.43. The highest BCUT2D eigenvalue weighted by Gasteiger charge is 2.25. The van der Waals surface area contributed by atoms with Crippen LogP contribution in [0.15, 0.2) is 30.3 Å². The normalized spacial score (nSPS) is 19.7. The Kier molecular flexibility index (Phi) is 5.55. The van der Waals surface area contributed by atoms with Gasteiger partial charge in [-0.15, -0.1) is 0 Å². The Labute approximate surface area is 160 Å². The van der Waals surface area contributed by atoms with Gasteiger partial charge in [0.15, 0.2) is 0 Å². The van der Waals surface area contributed by atoms with E-state index in [-0.39, 0.29) is 18.6 Å². The molecule has 3 heterocycles. The van der Waals surface area contributed by atoms with Gasteiger partial charge in [0.2, 0.25) is 5.91 Å². The molecule has 6 heteroatoms. The number of amides is 1. The lowest BCUT2D eigenvalue weighted by Gasteiger charge is -2.21. The Bertz CT molecular complexity index is 781. The minimum absolute atomic E-state index is 0.0591. The number of aromatic nitrogens is 2. The van der Waals surface area contributed by atoms with Crippen molar-refractivity contribution >= 4 is 5.91 Å². The van der Waals surface area contributed by atoms with E-state index in [1.165, 1.54) is 11.1 Å². The van der Waals surface area contributed by atoms with Gasteiger partial charge in [-0.3, -0.25) is 9.48 Å². The third-order valence-corrected chi connectivity index (χ3v) is 5.43. The highest BCUT2D eigenvalue weighted by atomic mass is 16.5. The Morgan fingerprint density at radius 2 is 2.07 bits per heavy atom. The van der Waals surface area contributed by atoms with E-state index in [1.54, 1.807) is 0 Å². The summed E-state index contributed by atoms with van der Waals surface area (Å²) < 4.78 is 13.1. The van der Waals surface area contributed by atoms with Crippen molar-refractivity contribution in [3.63, 3.8) is 0 Å². The van der Waals surface area contributed by atoms with Gasteiger partial charge in [0, 0.05) is 44.3 Å². The SMILES string of the molecule is Cn1nc2c(c1-c1ccccc1)CCN(C(=O)COCC1CCCO1)CC2. The zero-order valence-corrected chi connectivity index (χ0v) is 15.9. The maximum absolute atomic E-state index is 12.6. The minimum Gasteiger partial charge on any atom is -0.376 e. The smallest absolute Gasteiger partial charge is 0.248 e. The van der Waals surface area contributed by atoms with E-state index in [0.29, 0.717) is 19.7 Å². The average molecular weight is 369 g/mol. The molecule has 2 aromatic rings. The standard InChI is InChI=1S/C21H27N3O3/c1-23-21(16-6-3-2-4-7-16)18-9-11-24(12-10-19(18)22-23)20(25)15-26-14-17-8-5-13-27-17/h2-4,6-7,17H,5,8-15H2,1H3. The van der Waals surface area contributed by atoms with Gasteiger partial charge in [0.1, 0.15) is 6.61 Å². The molecular weight excluding hydrogens is 342 g/mol. The number of benzene rings is 1. The molecule has 0 radical (unpaired) electrons. The fraction of sp³-hybridized carbons (Fsp3) is 0.524. The van der Waals surface area contributed by atoms with Crippen LogP contribution in [0.25, 0.3) is 11.3 Å². The van der Waals surface area contributed by atoms with Crippen LogP contribution in [-0.4, -0.2) is 59.6 Å². The summed E-state index contributed by atoms with van der Waals surface area (Å²) >= 11 is 0. The second-order valence-corrected chi connectivity index (χ2v) is 7.29. The van der Waals surface area contributed by atoms with Crippen LogP contribution in [0.3, 0.4) is 0 Å². The van der Waals surface area contributed by atoms with Crippen molar-refractivity contribution in [2.24, 2.45) is 7.05 Å². The van der Waals surface area contributed by atoms with Gasteiger partial charge in [-0.2, -0.15) is 5.10 Å². The molecule has 1 amide bonds. The van der Waals surface area contributed by atoms with Crippen LogP contribution >= 0.6 is 0 Å². The molecule has 0 N–H and O–H groups in total. The molecule has 144 valence electrons. The molecule has 4 rings (SSSR count). The van der Waals surface area contributed by atoms with Gasteiger partial charge in [0.05, 0.1) is 24.1 Å².